The Morgan fingerprint density at radius 3 is 2.48 bits per heavy atom. The van der Waals surface area contributed by atoms with E-state index in [1.807, 2.05) is 35.4 Å². The molecule has 0 bridgehead atoms. The summed E-state index contributed by atoms with van der Waals surface area (Å²) in [7, 11) is 0. The molecule has 4 nitrogen and oxygen atoms in total. The van der Waals surface area contributed by atoms with Crippen molar-refractivity contribution in [2.24, 2.45) is 0 Å². The SMILES string of the molecule is CCN(CC)CCN(C(=O)c1cccc(SC)c1)c1nc2cc(C)c(C)cc2s1. The number of thiazole rings is 1. The van der Waals surface area contributed by atoms with Crippen LogP contribution in [0.5, 0.6) is 0 Å². The molecule has 0 radical (unpaired) electrons. The topological polar surface area (TPSA) is 36.4 Å². The lowest BCUT2D eigenvalue weighted by molar-refractivity contribution is 0.0983. The first-order valence-electron chi connectivity index (χ1n) is 10.0. The minimum absolute atomic E-state index is 0.0144. The summed E-state index contributed by atoms with van der Waals surface area (Å²) in [6.45, 7) is 11.9. The second kappa shape index (κ2) is 9.74. The summed E-state index contributed by atoms with van der Waals surface area (Å²) >= 11 is 3.25. The molecular weight excluding hydrogens is 398 g/mol. The first-order valence-corrected chi connectivity index (χ1v) is 12.1. The second-order valence-corrected chi connectivity index (χ2v) is 9.01. The van der Waals surface area contributed by atoms with E-state index in [4.69, 9.17) is 4.98 Å². The molecule has 0 N–H and O–H groups in total. The van der Waals surface area contributed by atoms with Crippen molar-refractivity contribution in [3.63, 3.8) is 0 Å². The number of amides is 1. The molecule has 6 heteroatoms. The van der Waals surface area contributed by atoms with Gasteiger partial charge in [0.25, 0.3) is 5.91 Å². The summed E-state index contributed by atoms with van der Waals surface area (Å²) in [5, 5.41) is 0.775. The Morgan fingerprint density at radius 2 is 1.79 bits per heavy atom. The maximum Gasteiger partial charge on any atom is 0.260 e. The van der Waals surface area contributed by atoms with Gasteiger partial charge >= 0.3 is 0 Å². The summed E-state index contributed by atoms with van der Waals surface area (Å²) < 4.78 is 1.13. The van der Waals surface area contributed by atoms with E-state index in [2.05, 4.69) is 44.7 Å². The molecule has 0 saturated heterocycles. The molecule has 3 aromatic rings. The van der Waals surface area contributed by atoms with Crippen LogP contribution in [0.4, 0.5) is 5.13 Å². The van der Waals surface area contributed by atoms with Gasteiger partial charge in [0.1, 0.15) is 0 Å². The largest absolute Gasteiger partial charge is 0.302 e. The molecular formula is C23H29N3OS2. The van der Waals surface area contributed by atoms with Crippen LogP contribution >= 0.6 is 23.1 Å². The Labute approximate surface area is 181 Å². The van der Waals surface area contributed by atoms with Crippen LogP contribution < -0.4 is 4.90 Å². The van der Waals surface area contributed by atoms with Crippen LogP contribution in [0.1, 0.15) is 35.3 Å². The zero-order valence-electron chi connectivity index (χ0n) is 17.9. The van der Waals surface area contributed by atoms with Crippen LogP contribution in [-0.2, 0) is 0 Å². The zero-order chi connectivity index (χ0) is 21.0. The summed E-state index contributed by atoms with van der Waals surface area (Å²) in [4.78, 5) is 23.6. The minimum Gasteiger partial charge on any atom is -0.302 e. The smallest absolute Gasteiger partial charge is 0.260 e. The number of thioether (sulfide) groups is 1. The summed E-state index contributed by atoms with van der Waals surface area (Å²) in [6.07, 6.45) is 2.03. The number of carbonyl (C=O) groups excluding carboxylic acids is 1. The first kappa shape index (κ1) is 21.8. The highest BCUT2D eigenvalue weighted by Crippen LogP contribution is 2.32. The van der Waals surface area contributed by atoms with E-state index in [-0.39, 0.29) is 5.91 Å². The normalized spacial score (nSPS) is 11.4. The average Bonchev–Trinajstić information content (AvgIpc) is 3.13. The van der Waals surface area contributed by atoms with Crippen LogP contribution in [0.15, 0.2) is 41.3 Å². The van der Waals surface area contributed by atoms with Crippen LogP contribution in [0.2, 0.25) is 0 Å². The van der Waals surface area contributed by atoms with Crippen LogP contribution in [-0.4, -0.2) is 48.2 Å². The lowest BCUT2D eigenvalue weighted by Crippen LogP contribution is -2.38. The van der Waals surface area contributed by atoms with Gasteiger partial charge in [0, 0.05) is 23.5 Å². The van der Waals surface area contributed by atoms with Crippen molar-refractivity contribution >= 4 is 44.4 Å². The third kappa shape index (κ3) is 5.00. The lowest BCUT2D eigenvalue weighted by Gasteiger charge is -2.24. The standard InChI is InChI=1S/C23H29N3OS2/c1-6-25(7-2)11-12-26(22(27)18-9-8-10-19(15-18)28-5)23-24-20-13-16(3)17(4)14-21(20)29-23/h8-10,13-15H,6-7,11-12H2,1-5H3. The van der Waals surface area contributed by atoms with Gasteiger partial charge in [0.15, 0.2) is 5.13 Å². The molecule has 0 aliphatic heterocycles. The highest BCUT2D eigenvalue weighted by molar-refractivity contribution is 7.98. The molecule has 29 heavy (non-hydrogen) atoms. The summed E-state index contributed by atoms with van der Waals surface area (Å²) in [5.74, 6) is 0.0144. The van der Waals surface area contributed by atoms with E-state index in [0.29, 0.717) is 12.1 Å². The molecule has 1 heterocycles. The molecule has 0 aliphatic carbocycles. The number of aromatic nitrogens is 1. The Kier molecular flexibility index (Phi) is 7.33. The number of fused-ring (bicyclic) bond motifs is 1. The number of carbonyl (C=O) groups is 1. The number of aryl methyl sites for hydroxylation is 2. The van der Waals surface area contributed by atoms with Crippen molar-refractivity contribution in [1.29, 1.82) is 0 Å². The Hall–Kier alpha value is -1.89. The number of benzene rings is 2. The van der Waals surface area contributed by atoms with Crippen molar-refractivity contribution in [2.45, 2.75) is 32.6 Å². The number of hydrogen-bond donors (Lipinski definition) is 0. The number of nitrogens with zero attached hydrogens (tertiary/aromatic N) is 3. The van der Waals surface area contributed by atoms with Gasteiger partial charge in [-0.1, -0.05) is 31.3 Å². The lowest BCUT2D eigenvalue weighted by atomic mass is 10.1. The molecule has 0 saturated carbocycles. The maximum absolute atomic E-state index is 13.5. The van der Waals surface area contributed by atoms with Crippen molar-refractivity contribution in [1.82, 2.24) is 9.88 Å². The van der Waals surface area contributed by atoms with E-state index < -0.39 is 0 Å². The van der Waals surface area contributed by atoms with E-state index >= 15 is 0 Å². The highest BCUT2D eigenvalue weighted by atomic mass is 32.2. The van der Waals surface area contributed by atoms with Gasteiger partial charge in [-0.05, 0) is 74.7 Å². The maximum atomic E-state index is 13.5. The van der Waals surface area contributed by atoms with Crippen molar-refractivity contribution < 1.29 is 4.79 Å². The van der Waals surface area contributed by atoms with Gasteiger partial charge in [-0.25, -0.2) is 4.98 Å². The molecule has 1 aromatic heterocycles. The van der Waals surface area contributed by atoms with E-state index in [1.54, 1.807) is 23.1 Å². The number of likely N-dealkylation sites (N-methyl/N-ethyl adjacent to an activating group) is 1. The first-order chi connectivity index (χ1) is 14.0. The van der Waals surface area contributed by atoms with Gasteiger partial charge in [-0.3, -0.25) is 9.69 Å². The third-order valence-electron chi connectivity index (χ3n) is 5.32. The number of hydrogen-bond acceptors (Lipinski definition) is 5. The third-order valence-corrected chi connectivity index (χ3v) is 7.09. The highest BCUT2D eigenvalue weighted by Gasteiger charge is 2.22. The number of anilines is 1. The molecule has 2 aromatic carbocycles. The summed E-state index contributed by atoms with van der Waals surface area (Å²) in [6, 6.07) is 12.1. The van der Waals surface area contributed by atoms with Crippen molar-refractivity contribution in [2.75, 3.05) is 37.3 Å². The van der Waals surface area contributed by atoms with Gasteiger partial charge in [0.2, 0.25) is 0 Å². The summed E-state index contributed by atoms with van der Waals surface area (Å²) in [5.41, 5.74) is 4.15. The van der Waals surface area contributed by atoms with E-state index in [0.717, 1.165) is 39.9 Å². The molecule has 0 unspecified atom stereocenters. The molecule has 0 atom stereocenters. The quantitative estimate of drug-likeness (QED) is 0.437. The molecule has 0 fully saturated rings. The number of rotatable bonds is 8. The van der Waals surface area contributed by atoms with Crippen LogP contribution in [0, 0.1) is 13.8 Å². The van der Waals surface area contributed by atoms with Crippen LogP contribution in [0.25, 0.3) is 10.2 Å². The molecule has 0 aliphatic rings. The average molecular weight is 428 g/mol. The Balaban J connectivity index is 1.99. The predicted octanol–water partition coefficient (Wildman–Crippen LogP) is 5.62. The molecule has 0 spiro atoms. The minimum atomic E-state index is 0.0144. The molecule has 1 amide bonds. The Bertz CT molecular complexity index is 956. The van der Waals surface area contributed by atoms with Crippen molar-refractivity contribution in [3.8, 4) is 0 Å². The second-order valence-electron chi connectivity index (χ2n) is 7.12. The Morgan fingerprint density at radius 1 is 1.07 bits per heavy atom. The van der Waals surface area contributed by atoms with Gasteiger partial charge < -0.3 is 4.90 Å². The van der Waals surface area contributed by atoms with Crippen LogP contribution in [0.3, 0.4) is 0 Å². The molecule has 3 rings (SSSR count). The fraction of sp³-hybridized carbons (Fsp3) is 0.391. The zero-order valence-corrected chi connectivity index (χ0v) is 19.5. The fourth-order valence-corrected chi connectivity index (χ4v) is 4.79. The fourth-order valence-electron chi connectivity index (χ4n) is 3.26. The molecule has 154 valence electrons. The van der Waals surface area contributed by atoms with Gasteiger partial charge in [0.05, 0.1) is 10.2 Å². The van der Waals surface area contributed by atoms with Gasteiger partial charge in [-0.15, -0.1) is 11.8 Å². The monoisotopic (exact) mass is 427 g/mol. The van der Waals surface area contributed by atoms with Crippen molar-refractivity contribution in [3.05, 3.63) is 53.1 Å². The van der Waals surface area contributed by atoms with Gasteiger partial charge in [-0.2, -0.15) is 0 Å². The van der Waals surface area contributed by atoms with E-state index in [9.17, 15) is 4.79 Å². The predicted molar refractivity (Wildman–Crippen MR) is 127 cm³/mol. The van der Waals surface area contributed by atoms with E-state index in [1.165, 1.54) is 11.1 Å².